The summed E-state index contributed by atoms with van der Waals surface area (Å²) in [6, 6.07) is 0. The molecule has 0 amide bonds. The van der Waals surface area contributed by atoms with Gasteiger partial charge in [0.15, 0.2) is 5.78 Å². The monoisotopic (exact) mass is 284 g/mol. The summed E-state index contributed by atoms with van der Waals surface area (Å²) in [4.78, 5) is 21.6. The first-order valence-electron chi connectivity index (χ1n) is 6.74. The van der Waals surface area contributed by atoms with Gasteiger partial charge in [-0.1, -0.05) is 19.4 Å². The molecular formula is C15H24O3S. The molecule has 3 nitrogen and oxygen atoms in total. The van der Waals surface area contributed by atoms with Crippen molar-refractivity contribution < 1.29 is 14.3 Å². The summed E-state index contributed by atoms with van der Waals surface area (Å²) in [5.41, 5.74) is 2.80. The molecule has 0 aromatic rings. The largest absolute Gasteiger partial charge is 0.465 e. The maximum Gasteiger partial charge on any atom is 0.315 e. The zero-order chi connectivity index (χ0) is 14.8. The van der Waals surface area contributed by atoms with Gasteiger partial charge in [-0.3, -0.25) is 9.59 Å². The van der Waals surface area contributed by atoms with Crippen LogP contribution in [0.25, 0.3) is 0 Å². The topological polar surface area (TPSA) is 43.4 Å². The summed E-state index contributed by atoms with van der Waals surface area (Å²) in [5.74, 6) is 1.58. The highest BCUT2D eigenvalue weighted by molar-refractivity contribution is 7.81. The average Bonchev–Trinajstić information content (AvgIpc) is 2.71. The van der Waals surface area contributed by atoms with E-state index in [1.165, 1.54) is 5.57 Å². The van der Waals surface area contributed by atoms with Crippen LogP contribution in [-0.4, -0.2) is 24.1 Å². The minimum atomic E-state index is -0.258. The van der Waals surface area contributed by atoms with Crippen LogP contribution in [0.2, 0.25) is 0 Å². The Morgan fingerprint density at radius 1 is 1.42 bits per heavy atom. The zero-order valence-electron chi connectivity index (χ0n) is 12.4. The Morgan fingerprint density at radius 3 is 2.26 bits per heavy atom. The molecule has 4 heteroatoms. The maximum atomic E-state index is 11.5. The smallest absolute Gasteiger partial charge is 0.315 e. The van der Waals surface area contributed by atoms with Crippen LogP contribution in [0.1, 0.15) is 41.0 Å². The van der Waals surface area contributed by atoms with Crippen LogP contribution in [0.15, 0.2) is 11.1 Å². The second-order valence-corrected chi connectivity index (χ2v) is 6.23. The van der Waals surface area contributed by atoms with Crippen LogP contribution >= 0.6 is 12.6 Å². The molecule has 0 aromatic heterocycles. The van der Waals surface area contributed by atoms with Gasteiger partial charge in [0.2, 0.25) is 0 Å². The van der Waals surface area contributed by atoms with Gasteiger partial charge in [-0.05, 0) is 43.6 Å². The van der Waals surface area contributed by atoms with Crippen LogP contribution < -0.4 is 0 Å². The van der Waals surface area contributed by atoms with E-state index in [1.54, 1.807) is 6.92 Å². The van der Waals surface area contributed by atoms with Gasteiger partial charge in [0.1, 0.15) is 0 Å². The first-order valence-corrected chi connectivity index (χ1v) is 7.37. The van der Waals surface area contributed by atoms with E-state index in [0.29, 0.717) is 29.6 Å². The van der Waals surface area contributed by atoms with E-state index >= 15 is 0 Å². The van der Waals surface area contributed by atoms with E-state index in [4.69, 9.17) is 0 Å². The predicted octanol–water partition coefficient (Wildman–Crippen LogP) is 3.05. The lowest BCUT2D eigenvalue weighted by atomic mass is 9.94. The Bertz CT molecular complexity index is 406. The number of esters is 1. The number of thiol groups is 1. The SMILES string of the molecule is CC(C)=C1C(=O)CC2C1C2(C)C.CCOC(=O)CS. The molecule has 2 rings (SSSR count). The van der Waals surface area contributed by atoms with E-state index in [2.05, 4.69) is 45.1 Å². The third-order valence-electron chi connectivity index (χ3n) is 4.04. The van der Waals surface area contributed by atoms with E-state index in [0.717, 1.165) is 12.0 Å². The molecule has 2 aliphatic carbocycles. The highest BCUT2D eigenvalue weighted by Crippen LogP contribution is 2.68. The quantitative estimate of drug-likeness (QED) is 0.481. The third-order valence-corrected chi connectivity index (χ3v) is 4.30. The first-order chi connectivity index (χ1) is 8.77. The summed E-state index contributed by atoms with van der Waals surface area (Å²) in [7, 11) is 0. The molecule has 0 heterocycles. The van der Waals surface area contributed by atoms with Gasteiger partial charge in [-0.2, -0.15) is 12.6 Å². The third kappa shape index (κ3) is 3.41. The lowest BCUT2D eigenvalue weighted by Crippen LogP contribution is -2.08. The predicted molar refractivity (Wildman–Crippen MR) is 79.2 cm³/mol. The Hall–Kier alpha value is -0.770. The Morgan fingerprint density at radius 2 is 2.00 bits per heavy atom. The van der Waals surface area contributed by atoms with Gasteiger partial charge in [-0.15, -0.1) is 0 Å². The van der Waals surface area contributed by atoms with Crippen molar-refractivity contribution >= 4 is 24.4 Å². The molecular weight excluding hydrogens is 260 g/mol. The summed E-state index contributed by atoms with van der Waals surface area (Å²) in [5, 5.41) is 0. The standard InChI is InChI=1S/C11H16O.C4H8O2S/c1-6(2)9-8(12)5-7-10(9)11(7,3)4;1-2-6-4(5)3-7/h7,10H,5H2,1-4H3;7H,2-3H2,1H3. The fraction of sp³-hybridized carbons (Fsp3) is 0.733. The number of carbonyl (C=O) groups is 2. The van der Waals surface area contributed by atoms with Gasteiger partial charge >= 0.3 is 5.97 Å². The lowest BCUT2D eigenvalue weighted by molar-refractivity contribution is -0.139. The molecule has 2 saturated carbocycles. The lowest BCUT2D eigenvalue weighted by Gasteiger charge is -2.10. The van der Waals surface area contributed by atoms with Crippen molar-refractivity contribution in [1.82, 2.24) is 0 Å². The molecule has 2 unspecified atom stereocenters. The number of allylic oxidation sites excluding steroid dienone is 2. The molecule has 2 aliphatic rings. The van der Waals surface area contributed by atoms with Crippen LogP contribution in [0, 0.1) is 17.3 Å². The number of rotatable bonds is 2. The van der Waals surface area contributed by atoms with E-state index in [-0.39, 0.29) is 11.7 Å². The molecule has 2 fully saturated rings. The van der Waals surface area contributed by atoms with Crippen molar-refractivity contribution in [3.05, 3.63) is 11.1 Å². The maximum absolute atomic E-state index is 11.5. The Kier molecular flexibility index (Phi) is 5.25. The molecule has 108 valence electrons. The molecule has 0 saturated heterocycles. The minimum Gasteiger partial charge on any atom is -0.465 e. The van der Waals surface area contributed by atoms with Gasteiger partial charge in [0, 0.05) is 6.42 Å². The van der Waals surface area contributed by atoms with E-state index < -0.39 is 0 Å². The van der Waals surface area contributed by atoms with Crippen molar-refractivity contribution in [2.75, 3.05) is 12.4 Å². The second kappa shape index (κ2) is 6.12. The normalized spacial score (nSPS) is 26.2. The molecule has 0 aliphatic heterocycles. The van der Waals surface area contributed by atoms with E-state index in [1.807, 2.05) is 0 Å². The van der Waals surface area contributed by atoms with Crippen molar-refractivity contribution in [3.8, 4) is 0 Å². The summed E-state index contributed by atoms with van der Waals surface area (Å²) < 4.78 is 4.48. The number of Topliss-reactive ketones (excluding diaryl/α,β-unsaturated/α-hetero) is 1. The molecule has 0 radical (unpaired) electrons. The van der Waals surface area contributed by atoms with Crippen LogP contribution in [0.5, 0.6) is 0 Å². The molecule has 19 heavy (non-hydrogen) atoms. The number of ketones is 1. The fourth-order valence-corrected chi connectivity index (χ4v) is 3.07. The van der Waals surface area contributed by atoms with Crippen molar-refractivity contribution in [1.29, 1.82) is 0 Å². The highest BCUT2D eigenvalue weighted by Gasteiger charge is 2.64. The highest BCUT2D eigenvalue weighted by atomic mass is 32.1. The first kappa shape index (κ1) is 16.3. The van der Waals surface area contributed by atoms with Crippen molar-refractivity contribution in [2.45, 2.75) is 41.0 Å². The average molecular weight is 284 g/mol. The molecule has 2 atom stereocenters. The number of hydrogen-bond donors (Lipinski definition) is 1. The summed E-state index contributed by atoms with van der Waals surface area (Å²) in [6.45, 7) is 10.9. The number of ether oxygens (including phenoxy) is 1. The second-order valence-electron chi connectivity index (χ2n) is 5.91. The van der Waals surface area contributed by atoms with Gasteiger partial charge in [0.05, 0.1) is 12.4 Å². The Balaban J connectivity index is 0.000000224. The summed E-state index contributed by atoms with van der Waals surface area (Å²) >= 11 is 3.67. The van der Waals surface area contributed by atoms with E-state index in [9.17, 15) is 9.59 Å². The fourth-order valence-electron chi connectivity index (χ4n) is 2.98. The van der Waals surface area contributed by atoms with Crippen LogP contribution in [0.3, 0.4) is 0 Å². The molecule has 0 aromatic carbocycles. The molecule has 0 N–H and O–H groups in total. The number of carbonyl (C=O) groups excluding carboxylic acids is 2. The molecule has 0 spiro atoms. The number of hydrogen-bond acceptors (Lipinski definition) is 4. The van der Waals surface area contributed by atoms with Gasteiger partial charge < -0.3 is 4.74 Å². The summed E-state index contributed by atoms with van der Waals surface area (Å²) in [6.07, 6.45) is 0.804. The van der Waals surface area contributed by atoms with Crippen molar-refractivity contribution in [3.63, 3.8) is 0 Å². The van der Waals surface area contributed by atoms with Crippen LogP contribution in [-0.2, 0) is 14.3 Å². The number of fused-ring (bicyclic) bond motifs is 1. The molecule has 0 bridgehead atoms. The van der Waals surface area contributed by atoms with Crippen molar-refractivity contribution in [2.24, 2.45) is 17.3 Å². The Labute approximate surface area is 121 Å². The van der Waals surface area contributed by atoms with Crippen LogP contribution in [0.4, 0.5) is 0 Å². The van der Waals surface area contributed by atoms with Gasteiger partial charge in [0.25, 0.3) is 0 Å². The zero-order valence-corrected chi connectivity index (χ0v) is 13.3. The minimum absolute atomic E-state index is 0.174. The van der Waals surface area contributed by atoms with Gasteiger partial charge in [-0.25, -0.2) is 0 Å².